The number of carbonyl (C=O) groups excluding carboxylic acids is 2. The minimum atomic E-state index is -0.407. The van der Waals surface area contributed by atoms with Gasteiger partial charge in [0.25, 0.3) is 0 Å². The molecule has 82 valence electrons. The van der Waals surface area contributed by atoms with E-state index in [1.54, 1.807) is 11.0 Å². The molecule has 1 rings (SSSR count). The van der Waals surface area contributed by atoms with E-state index in [0.717, 1.165) is 4.88 Å². The van der Waals surface area contributed by atoms with Crippen LogP contribution in [0.5, 0.6) is 0 Å². The molecule has 2 N–H and O–H groups in total. The number of Topliss-reactive ketones (excluding diaryl/α,β-unsaturated/α-hetero) is 1. The number of nitrogens with zero attached hydrogens (tertiary/aromatic N) is 1. The minimum absolute atomic E-state index is 0.0353. The predicted octanol–water partition coefficient (Wildman–Crippen LogP) is 0.738. The van der Waals surface area contributed by atoms with E-state index in [-0.39, 0.29) is 18.9 Å². The maximum Gasteiger partial charge on any atom is 0.231 e. The Hall–Kier alpha value is -1.20. The zero-order chi connectivity index (χ0) is 11.3. The lowest BCUT2D eigenvalue weighted by atomic mass is 10.3. The smallest absolute Gasteiger partial charge is 0.231 e. The van der Waals surface area contributed by atoms with Crippen molar-refractivity contribution < 1.29 is 9.59 Å². The maximum atomic E-state index is 11.7. The normalized spacial score (nSPS) is 10.5. The number of carbonyl (C=O) groups is 2. The molecule has 0 fully saturated rings. The third kappa shape index (κ3) is 3.81. The van der Waals surface area contributed by atoms with Gasteiger partial charge in [0.1, 0.15) is 0 Å². The van der Waals surface area contributed by atoms with E-state index < -0.39 is 5.91 Å². The standard InChI is InChI=1S/C10H14N2O2S/c1-2-12(7-10(11)14)6-8(13)9-4-3-5-15-9/h3-5H,2,6-7H2,1H3,(H2,11,14). The molecule has 0 spiro atoms. The zero-order valence-corrected chi connectivity index (χ0v) is 9.42. The lowest BCUT2D eigenvalue weighted by Gasteiger charge is -2.16. The van der Waals surface area contributed by atoms with Gasteiger partial charge >= 0.3 is 0 Å². The average molecular weight is 226 g/mol. The van der Waals surface area contributed by atoms with Gasteiger partial charge in [0.05, 0.1) is 18.0 Å². The second-order valence-corrected chi connectivity index (χ2v) is 4.12. The molecule has 15 heavy (non-hydrogen) atoms. The van der Waals surface area contributed by atoms with Crippen molar-refractivity contribution in [2.24, 2.45) is 5.73 Å². The van der Waals surface area contributed by atoms with Crippen molar-refractivity contribution in [2.75, 3.05) is 19.6 Å². The highest BCUT2D eigenvalue weighted by molar-refractivity contribution is 7.12. The summed E-state index contributed by atoms with van der Waals surface area (Å²) in [6, 6.07) is 3.62. The van der Waals surface area contributed by atoms with Crippen molar-refractivity contribution in [3.63, 3.8) is 0 Å². The predicted molar refractivity (Wildman–Crippen MR) is 60.0 cm³/mol. The first-order valence-corrected chi connectivity index (χ1v) is 5.58. The van der Waals surface area contributed by atoms with Crippen molar-refractivity contribution in [3.05, 3.63) is 22.4 Å². The van der Waals surface area contributed by atoms with Crippen LogP contribution < -0.4 is 5.73 Å². The second kappa shape index (κ2) is 5.63. The number of primary amides is 1. The zero-order valence-electron chi connectivity index (χ0n) is 8.60. The average Bonchev–Trinajstić information content (AvgIpc) is 2.68. The van der Waals surface area contributed by atoms with Crippen molar-refractivity contribution in [1.29, 1.82) is 0 Å². The number of nitrogens with two attached hydrogens (primary N) is 1. The molecule has 1 aromatic rings. The monoisotopic (exact) mass is 226 g/mol. The summed E-state index contributed by atoms with van der Waals surface area (Å²) in [4.78, 5) is 24.8. The minimum Gasteiger partial charge on any atom is -0.369 e. The van der Waals surface area contributed by atoms with Crippen LogP contribution >= 0.6 is 11.3 Å². The van der Waals surface area contributed by atoms with E-state index in [4.69, 9.17) is 5.73 Å². The third-order valence-electron chi connectivity index (χ3n) is 1.99. The fourth-order valence-corrected chi connectivity index (χ4v) is 1.87. The molecule has 0 bridgehead atoms. The van der Waals surface area contributed by atoms with E-state index in [9.17, 15) is 9.59 Å². The van der Waals surface area contributed by atoms with Crippen LogP contribution in [0.3, 0.4) is 0 Å². The lowest BCUT2D eigenvalue weighted by Crippen LogP contribution is -2.37. The topological polar surface area (TPSA) is 63.4 Å². The molecule has 0 radical (unpaired) electrons. The summed E-state index contributed by atoms with van der Waals surface area (Å²) in [5, 5.41) is 1.86. The number of rotatable bonds is 6. The van der Waals surface area contributed by atoms with Crippen molar-refractivity contribution in [3.8, 4) is 0 Å². The molecule has 0 aliphatic rings. The highest BCUT2D eigenvalue weighted by Gasteiger charge is 2.13. The summed E-state index contributed by atoms with van der Waals surface area (Å²) in [5.74, 6) is -0.371. The third-order valence-corrected chi connectivity index (χ3v) is 2.90. The van der Waals surface area contributed by atoms with Gasteiger partial charge in [-0.15, -0.1) is 11.3 Å². The van der Waals surface area contributed by atoms with Crippen LogP contribution in [-0.4, -0.2) is 36.2 Å². The van der Waals surface area contributed by atoms with E-state index in [1.807, 2.05) is 18.4 Å². The Morgan fingerprint density at radius 3 is 2.67 bits per heavy atom. The van der Waals surface area contributed by atoms with Crippen LogP contribution in [0.25, 0.3) is 0 Å². The van der Waals surface area contributed by atoms with Gasteiger partial charge in [-0.2, -0.15) is 0 Å². The molecule has 1 heterocycles. The molecule has 0 atom stereocenters. The summed E-state index contributed by atoms with van der Waals surface area (Å²) in [6.45, 7) is 2.91. The molecule has 0 saturated carbocycles. The van der Waals surface area contributed by atoms with Crippen LogP contribution in [-0.2, 0) is 4.79 Å². The first-order chi connectivity index (χ1) is 7.13. The van der Waals surface area contributed by atoms with Crippen molar-refractivity contribution in [1.82, 2.24) is 4.90 Å². The number of ketones is 1. The van der Waals surface area contributed by atoms with Gasteiger partial charge in [-0.3, -0.25) is 14.5 Å². The fraction of sp³-hybridized carbons (Fsp3) is 0.400. The molecule has 0 aromatic carbocycles. The Bertz CT molecular complexity index is 335. The molecule has 0 aliphatic carbocycles. The fourth-order valence-electron chi connectivity index (χ4n) is 1.22. The molecular formula is C10H14N2O2S. The van der Waals surface area contributed by atoms with Crippen LogP contribution in [0.2, 0.25) is 0 Å². The van der Waals surface area contributed by atoms with E-state index in [1.165, 1.54) is 11.3 Å². The molecule has 5 heteroatoms. The Morgan fingerprint density at radius 2 is 2.20 bits per heavy atom. The van der Waals surface area contributed by atoms with E-state index in [2.05, 4.69) is 0 Å². The van der Waals surface area contributed by atoms with Gasteiger partial charge in [0.15, 0.2) is 5.78 Å². The molecule has 4 nitrogen and oxygen atoms in total. The number of thiophene rings is 1. The first-order valence-electron chi connectivity index (χ1n) is 4.70. The molecule has 0 aliphatic heterocycles. The molecule has 1 amide bonds. The highest BCUT2D eigenvalue weighted by Crippen LogP contribution is 2.09. The molecular weight excluding hydrogens is 212 g/mol. The quantitative estimate of drug-likeness (QED) is 0.728. The summed E-state index contributed by atoms with van der Waals surface area (Å²) in [7, 11) is 0. The Labute approximate surface area is 92.7 Å². The van der Waals surface area contributed by atoms with Gasteiger partial charge in [0, 0.05) is 0 Å². The van der Waals surface area contributed by atoms with Gasteiger partial charge in [0.2, 0.25) is 5.91 Å². The number of hydrogen-bond acceptors (Lipinski definition) is 4. The Kier molecular flexibility index (Phi) is 4.45. The number of likely N-dealkylation sites (N-methyl/N-ethyl adjacent to an activating group) is 1. The summed E-state index contributed by atoms with van der Waals surface area (Å²) in [6.07, 6.45) is 0. The summed E-state index contributed by atoms with van der Waals surface area (Å²) in [5.41, 5.74) is 5.07. The Balaban J connectivity index is 2.52. The van der Waals surface area contributed by atoms with Gasteiger partial charge in [-0.1, -0.05) is 13.0 Å². The number of hydrogen-bond donors (Lipinski definition) is 1. The summed E-state index contributed by atoms with van der Waals surface area (Å²) < 4.78 is 0. The van der Waals surface area contributed by atoms with Crippen LogP contribution in [0.4, 0.5) is 0 Å². The SMILES string of the molecule is CCN(CC(N)=O)CC(=O)c1cccs1. The van der Waals surface area contributed by atoms with Crippen LogP contribution in [0.15, 0.2) is 17.5 Å². The van der Waals surface area contributed by atoms with Crippen molar-refractivity contribution >= 4 is 23.0 Å². The van der Waals surface area contributed by atoms with E-state index in [0.29, 0.717) is 6.54 Å². The van der Waals surface area contributed by atoms with E-state index >= 15 is 0 Å². The summed E-state index contributed by atoms with van der Waals surface area (Å²) >= 11 is 1.41. The van der Waals surface area contributed by atoms with Gasteiger partial charge in [-0.25, -0.2) is 0 Å². The van der Waals surface area contributed by atoms with Crippen molar-refractivity contribution in [2.45, 2.75) is 6.92 Å². The van der Waals surface area contributed by atoms with Crippen LogP contribution in [0.1, 0.15) is 16.6 Å². The lowest BCUT2D eigenvalue weighted by molar-refractivity contribution is -0.118. The molecule has 1 aromatic heterocycles. The Morgan fingerprint density at radius 1 is 1.47 bits per heavy atom. The van der Waals surface area contributed by atoms with Gasteiger partial charge in [-0.05, 0) is 18.0 Å². The molecule has 0 saturated heterocycles. The van der Waals surface area contributed by atoms with Crippen LogP contribution in [0, 0.1) is 0 Å². The highest BCUT2D eigenvalue weighted by atomic mass is 32.1. The van der Waals surface area contributed by atoms with Gasteiger partial charge < -0.3 is 5.73 Å². The molecule has 0 unspecified atom stereocenters. The maximum absolute atomic E-state index is 11.7. The largest absolute Gasteiger partial charge is 0.369 e. The first kappa shape index (κ1) is 11.9. The second-order valence-electron chi connectivity index (χ2n) is 3.17. The number of amides is 1.